The van der Waals surface area contributed by atoms with Crippen molar-refractivity contribution in [1.29, 1.82) is 0 Å². The van der Waals surface area contributed by atoms with E-state index in [9.17, 15) is 14.9 Å². The Labute approximate surface area is 154 Å². The molecule has 130 valence electrons. The molecule has 1 aliphatic heterocycles. The molecule has 1 fully saturated rings. The van der Waals surface area contributed by atoms with Gasteiger partial charge in [0.05, 0.1) is 9.51 Å². The van der Waals surface area contributed by atoms with Crippen molar-refractivity contribution in [3.63, 3.8) is 0 Å². The molecule has 2 aromatic carbocycles. The fraction of sp³-hybridized carbons (Fsp3) is 0.278. The van der Waals surface area contributed by atoms with Crippen LogP contribution in [-0.2, 0) is 0 Å². The highest BCUT2D eigenvalue weighted by Gasteiger charge is 2.18. The Hall–Kier alpha value is -1.99. The normalized spacial score (nSPS) is 14.9. The second-order valence-corrected chi connectivity index (χ2v) is 8.49. The third kappa shape index (κ3) is 4.35. The van der Waals surface area contributed by atoms with E-state index in [1.807, 2.05) is 41.7 Å². The molecular formula is C18H18N2O3S2. The number of anilines is 1. The molecule has 1 saturated heterocycles. The van der Waals surface area contributed by atoms with E-state index >= 15 is 0 Å². The molecule has 0 aromatic heterocycles. The average Bonchev–Trinajstić information content (AvgIpc) is 2.62. The first-order valence-corrected chi connectivity index (χ1v) is 10.0. The maximum atomic E-state index is 12.4. The number of aryl methyl sites for hydroxylation is 1. The van der Waals surface area contributed by atoms with Gasteiger partial charge < -0.3 is 5.32 Å². The van der Waals surface area contributed by atoms with Gasteiger partial charge in [-0.25, -0.2) is 0 Å². The number of nitrogens with one attached hydrogen (secondary N) is 1. The van der Waals surface area contributed by atoms with Gasteiger partial charge in [-0.1, -0.05) is 12.1 Å². The first-order chi connectivity index (χ1) is 12.0. The minimum atomic E-state index is -0.444. The van der Waals surface area contributed by atoms with Gasteiger partial charge in [0.1, 0.15) is 0 Å². The average molecular weight is 374 g/mol. The van der Waals surface area contributed by atoms with Gasteiger partial charge in [0.2, 0.25) is 0 Å². The van der Waals surface area contributed by atoms with Crippen LogP contribution in [0.1, 0.15) is 32.5 Å². The van der Waals surface area contributed by atoms with Crippen molar-refractivity contribution in [3.05, 3.63) is 69.3 Å². The summed E-state index contributed by atoms with van der Waals surface area (Å²) in [5.41, 5.74) is 2.85. The third-order valence-corrected chi connectivity index (χ3v) is 6.91. The summed E-state index contributed by atoms with van der Waals surface area (Å²) in [6.45, 7) is 1.63. The lowest BCUT2D eigenvalue weighted by Crippen LogP contribution is -2.12. The molecule has 5 nitrogen and oxygen atoms in total. The van der Waals surface area contributed by atoms with E-state index in [1.165, 1.54) is 24.1 Å². The number of rotatable bonds is 4. The predicted molar refractivity (Wildman–Crippen MR) is 105 cm³/mol. The number of carbonyl (C=O) groups excluding carboxylic acids is 1. The number of benzene rings is 2. The molecular weight excluding hydrogens is 356 g/mol. The van der Waals surface area contributed by atoms with E-state index in [2.05, 4.69) is 11.4 Å². The van der Waals surface area contributed by atoms with Crippen molar-refractivity contribution >= 4 is 40.8 Å². The molecule has 3 rings (SSSR count). The summed E-state index contributed by atoms with van der Waals surface area (Å²) < 4.78 is 0.409. The van der Waals surface area contributed by atoms with Crippen LogP contribution in [0.3, 0.4) is 0 Å². The van der Waals surface area contributed by atoms with E-state index in [4.69, 9.17) is 0 Å². The highest BCUT2D eigenvalue weighted by atomic mass is 32.2. The zero-order valence-electron chi connectivity index (χ0n) is 13.7. The second kappa shape index (κ2) is 7.93. The number of amides is 1. The molecule has 7 heteroatoms. The fourth-order valence-corrected chi connectivity index (χ4v) is 5.52. The molecule has 25 heavy (non-hydrogen) atoms. The number of nitro benzene ring substituents is 1. The van der Waals surface area contributed by atoms with Crippen LogP contribution in [0, 0.1) is 17.0 Å². The number of thioether (sulfide) groups is 2. The molecule has 1 heterocycles. The van der Waals surface area contributed by atoms with E-state index in [0.29, 0.717) is 15.7 Å². The molecule has 2 aromatic rings. The standard InChI is InChI=1S/C18H18N2O3S2/c1-12-10-13(6-7-16(12)20(22)23)17(21)19-15-5-2-4-14(11-15)18-24-8-3-9-25-18/h2,4-7,10-11,18H,3,8-9H2,1H3,(H,19,21). The van der Waals surface area contributed by atoms with Gasteiger partial charge >= 0.3 is 0 Å². The van der Waals surface area contributed by atoms with E-state index < -0.39 is 4.92 Å². The number of nitrogens with zero attached hydrogens (tertiary/aromatic N) is 1. The molecule has 0 radical (unpaired) electrons. The Balaban J connectivity index is 1.74. The van der Waals surface area contributed by atoms with Gasteiger partial charge in [0.25, 0.3) is 11.6 Å². The lowest BCUT2D eigenvalue weighted by Gasteiger charge is -2.21. The van der Waals surface area contributed by atoms with E-state index in [1.54, 1.807) is 13.0 Å². The Morgan fingerprint density at radius 2 is 1.96 bits per heavy atom. The second-order valence-electron chi connectivity index (χ2n) is 5.77. The van der Waals surface area contributed by atoms with Gasteiger partial charge in [0, 0.05) is 22.9 Å². The summed E-state index contributed by atoms with van der Waals surface area (Å²) in [6, 6.07) is 12.3. The third-order valence-electron chi connectivity index (χ3n) is 3.90. The van der Waals surface area contributed by atoms with Crippen LogP contribution in [0.2, 0.25) is 0 Å². The zero-order chi connectivity index (χ0) is 17.8. The number of hydrogen-bond donors (Lipinski definition) is 1. The molecule has 0 unspecified atom stereocenters. The SMILES string of the molecule is Cc1cc(C(=O)Nc2cccc(C3SCCCS3)c2)ccc1[N+](=O)[O-]. The molecule has 0 saturated carbocycles. The summed E-state index contributed by atoms with van der Waals surface area (Å²) in [5.74, 6) is 2.06. The van der Waals surface area contributed by atoms with Crippen molar-refractivity contribution in [2.75, 3.05) is 16.8 Å². The minimum Gasteiger partial charge on any atom is -0.322 e. The Kier molecular flexibility index (Phi) is 5.65. The van der Waals surface area contributed by atoms with Gasteiger partial charge in [-0.3, -0.25) is 14.9 Å². The monoisotopic (exact) mass is 374 g/mol. The molecule has 0 atom stereocenters. The molecule has 1 amide bonds. The number of hydrogen-bond acceptors (Lipinski definition) is 5. The maximum Gasteiger partial charge on any atom is 0.272 e. The summed E-state index contributed by atoms with van der Waals surface area (Å²) in [4.78, 5) is 22.9. The van der Waals surface area contributed by atoms with Crippen molar-refractivity contribution in [2.24, 2.45) is 0 Å². The van der Waals surface area contributed by atoms with Gasteiger partial charge in [-0.2, -0.15) is 0 Å². The highest BCUT2D eigenvalue weighted by Crippen LogP contribution is 2.44. The lowest BCUT2D eigenvalue weighted by molar-refractivity contribution is -0.385. The minimum absolute atomic E-state index is 0.0184. The van der Waals surface area contributed by atoms with Gasteiger partial charge in [-0.05, 0) is 54.7 Å². The van der Waals surface area contributed by atoms with Crippen LogP contribution < -0.4 is 5.32 Å². The fourth-order valence-electron chi connectivity index (χ4n) is 2.65. The first kappa shape index (κ1) is 17.8. The van der Waals surface area contributed by atoms with E-state index in [-0.39, 0.29) is 11.6 Å². The molecule has 0 bridgehead atoms. The maximum absolute atomic E-state index is 12.4. The van der Waals surface area contributed by atoms with Crippen molar-refractivity contribution in [3.8, 4) is 0 Å². The number of carbonyl (C=O) groups is 1. The van der Waals surface area contributed by atoms with Gasteiger partial charge in [-0.15, -0.1) is 23.5 Å². The zero-order valence-corrected chi connectivity index (χ0v) is 15.4. The van der Waals surface area contributed by atoms with Crippen molar-refractivity contribution in [1.82, 2.24) is 0 Å². The summed E-state index contributed by atoms with van der Waals surface area (Å²) in [7, 11) is 0. The molecule has 0 spiro atoms. The van der Waals surface area contributed by atoms with Crippen LogP contribution in [0.25, 0.3) is 0 Å². The molecule has 0 aliphatic carbocycles. The Morgan fingerprint density at radius 1 is 1.20 bits per heavy atom. The Morgan fingerprint density at radius 3 is 2.64 bits per heavy atom. The van der Waals surface area contributed by atoms with Crippen molar-refractivity contribution in [2.45, 2.75) is 17.9 Å². The predicted octanol–water partition coefficient (Wildman–Crippen LogP) is 5.02. The first-order valence-electron chi connectivity index (χ1n) is 7.94. The van der Waals surface area contributed by atoms with Crippen LogP contribution in [0.15, 0.2) is 42.5 Å². The number of nitro groups is 1. The van der Waals surface area contributed by atoms with Crippen LogP contribution >= 0.6 is 23.5 Å². The summed E-state index contributed by atoms with van der Waals surface area (Å²) in [6.07, 6.45) is 1.24. The quantitative estimate of drug-likeness (QED) is 0.601. The topological polar surface area (TPSA) is 72.2 Å². The summed E-state index contributed by atoms with van der Waals surface area (Å²) >= 11 is 3.87. The van der Waals surface area contributed by atoms with Gasteiger partial charge in [0.15, 0.2) is 0 Å². The van der Waals surface area contributed by atoms with E-state index in [0.717, 1.165) is 17.2 Å². The Bertz CT molecular complexity index is 805. The highest BCUT2D eigenvalue weighted by molar-refractivity contribution is 8.16. The van der Waals surface area contributed by atoms with Crippen LogP contribution in [0.4, 0.5) is 11.4 Å². The largest absolute Gasteiger partial charge is 0.322 e. The molecule has 1 N–H and O–H groups in total. The lowest BCUT2D eigenvalue weighted by atomic mass is 10.1. The summed E-state index contributed by atoms with van der Waals surface area (Å²) in [5, 5.41) is 13.8. The smallest absolute Gasteiger partial charge is 0.272 e. The van der Waals surface area contributed by atoms with Crippen LogP contribution in [-0.4, -0.2) is 22.3 Å². The van der Waals surface area contributed by atoms with Crippen molar-refractivity contribution < 1.29 is 9.72 Å². The van der Waals surface area contributed by atoms with Crippen LogP contribution in [0.5, 0.6) is 0 Å². The molecule has 1 aliphatic rings.